The lowest BCUT2D eigenvalue weighted by Crippen LogP contribution is -2.40. The van der Waals surface area contributed by atoms with E-state index in [1.54, 1.807) is 6.20 Å². The van der Waals surface area contributed by atoms with Crippen molar-refractivity contribution in [1.82, 2.24) is 9.88 Å². The predicted octanol–water partition coefficient (Wildman–Crippen LogP) is 1.94. The first-order valence-corrected chi connectivity index (χ1v) is 6.05. The molecule has 0 bridgehead atoms. The fourth-order valence-corrected chi connectivity index (χ4v) is 2.39. The average molecular weight is 234 g/mol. The van der Waals surface area contributed by atoms with Crippen molar-refractivity contribution in [2.45, 2.75) is 25.8 Å². The first-order valence-electron chi connectivity index (χ1n) is 6.05. The number of rotatable bonds is 3. The number of piperidine rings is 1. The molecule has 2 atom stereocenters. The van der Waals surface area contributed by atoms with Gasteiger partial charge in [0, 0.05) is 25.0 Å². The standard InChI is InChI=1S/C13H18N2O2/c1-10(11-4-2-6-14-8-11)15-7-3-5-12(9-15)13(16)17/h2,4,6,8,10,12H,3,5,7,9H2,1H3,(H,16,17). The average Bonchev–Trinajstić information content (AvgIpc) is 2.39. The van der Waals surface area contributed by atoms with E-state index in [1.165, 1.54) is 0 Å². The van der Waals surface area contributed by atoms with Gasteiger partial charge in [-0.25, -0.2) is 0 Å². The Bertz CT molecular complexity index is 380. The zero-order valence-corrected chi connectivity index (χ0v) is 10.0. The lowest BCUT2D eigenvalue weighted by atomic mass is 9.96. The number of carboxylic acids is 1. The highest BCUT2D eigenvalue weighted by Crippen LogP contribution is 2.26. The molecule has 0 amide bonds. The number of nitrogens with zero attached hydrogens (tertiary/aromatic N) is 2. The highest BCUT2D eigenvalue weighted by Gasteiger charge is 2.28. The van der Waals surface area contributed by atoms with Crippen LogP contribution in [-0.2, 0) is 4.79 Å². The Kier molecular flexibility index (Phi) is 3.74. The topological polar surface area (TPSA) is 53.4 Å². The van der Waals surface area contributed by atoms with E-state index in [1.807, 2.05) is 18.3 Å². The molecular formula is C13H18N2O2. The quantitative estimate of drug-likeness (QED) is 0.868. The van der Waals surface area contributed by atoms with Crippen molar-refractivity contribution in [2.75, 3.05) is 13.1 Å². The number of hydrogen-bond donors (Lipinski definition) is 1. The summed E-state index contributed by atoms with van der Waals surface area (Å²) in [6.07, 6.45) is 5.37. The van der Waals surface area contributed by atoms with Gasteiger partial charge in [-0.2, -0.15) is 0 Å². The minimum Gasteiger partial charge on any atom is -0.481 e. The van der Waals surface area contributed by atoms with Crippen LogP contribution in [0, 0.1) is 5.92 Å². The normalized spacial score (nSPS) is 23.2. The van der Waals surface area contributed by atoms with E-state index >= 15 is 0 Å². The predicted molar refractivity (Wildman–Crippen MR) is 64.6 cm³/mol. The Hall–Kier alpha value is -1.42. The molecular weight excluding hydrogens is 216 g/mol. The smallest absolute Gasteiger partial charge is 0.307 e. The van der Waals surface area contributed by atoms with Gasteiger partial charge in [-0.3, -0.25) is 14.7 Å². The van der Waals surface area contributed by atoms with Gasteiger partial charge >= 0.3 is 5.97 Å². The fourth-order valence-electron chi connectivity index (χ4n) is 2.39. The van der Waals surface area contributed by atoms with E-state index in [2.05, 4.69) is 16.8 Å². The highest BCUT2D eigenvalue weighted by atomic mass is 16.4. The second-order valence-electron chi connectivity index (χ2n) is 4.63. The Morgan fingerprint density at radius 3 is 3.12 bits per heavy atom. The number of aliphatic carboxylic acids is 1. The molecule has 1 aliphatic heterocycles. The van der Waals surface area contributed by atoms with Crippen molar-refractivity contribution in [1.29, 1.82) is 0 Å². The van der Waals surface area contributed by atoms with Crippen LogP contribution in [-0.4, -0.2) is 34.0 Å². The van der Waals surface area contributed by atoms with Crippen molar-refractivity contribution >= 4 is 5.97 Å². The van der Waals surface area contributed by atoms with E-state index in [4.69, 9.17) is 5.11 Å². The molecule has 2 rings (SSSR count). The van der Waals surface area contributed by atoms with Crippen molar-refractivity contribution in [3.05, 3.63) is 30.1 Å². The number of carboxylic acid groups (broad SMARTS) is 1. The number of aromatic nitrogens is 1. The third kappa shape index (κ3) is 2.82. The molecule has 0 radical (unpaired) electrons. The van der Waals surface area contributed by atoms with Crippen LogP contribution < -0.4 is 0 Å². The largest absolute Gasteiger partial charge is 0.481 e. The molecule has 0 saturated carbocycles. The summed E-state index contributed by atoms with van der Waals surface area (Å²) in [4.78, 5) is 17.4. The maximum absolute atomic E-state index is 11.0. The van der Waals surface area contributed by atoms with Crippen molar-refractivity contribution in [3.8, 4) is 0 Å². The molecule has 2 heterocycles. The van der Waals surface area contributed by atoms with Crippen LogP contribution in [0.2, 0.25) is 0 Å². The molecule has 1 aromatic rings. The van der Waals surface area contributed by atoms with Gasteiger partial charge in [0.25, 0.3) is 0 Å². The Morgan fingerprint density at radius 2 is 2.47 bits per heavy atom. The zero-order chi connectivity index (χ0) is 12.3. The van der Waals surface area contributed by atoms with Crippen LogP contribution in [0.5, 0.6) is 0 Å². The van der Waals surface area contributed by atoms with E-state index in [0.717, 1.165) is 24.9 Å². The lowest BCUT2D eigenvalue weighted by Gasteiger charge is -2.35. The minimum atomic E-state index is -0.673. The van der Waals surface area contributed by atoms with E-state index in [0.29, 0.717) is 6.54 Å². The molecule has 1 fully saturated rings. The molecule has 1 aliphatic rings. The van der Waals surface area contributed by atoms with E-state index < -0.39 is 5.97 Å². The van der Waals surface area contributed by atoms with E-state index in [9.17, 15) is 4.79 Å². The number of carbonyl (C=O) groups is 1. The molecule has 0 aromatic carbocycles. The maximum atomic E-state index is 11.0. The van der Waals surface area contributed by atoms with Crippen molar-refractivity contribution < 1.29 is 9.90 Å². The molecule has 92 valence electrons. The second kappa shape index (κ2) is 5.27. The first-order chi connectivity index (χ1) is 8.18. The summed E-state index contributed by atoms with van der Waals surface area (Å²) in [6, 6.07) is 4.21. The van der Waals surface area contributed by atoms with Gasteiger partial charge in [-0.05, 0) is 37.9 Å². The molecule has 1 aromatic heterocycles. The molecule has 2 unspecified atom stereocenters. The summed E-state index contributed by atoms with van der Waals surface area (Å²) < 4.78 is 0. The Balaban J connectivity index is 2.05. The number of likely N-dealkylation sites (tertiary alicyclic amines) is 1. The monoisotopic (exact) mass is 234 g/mol. The van der Waals surface area contributed by atoms with Crippen LogP contribution in [0.3, 0.4) is 0 Å². The molecule has 0 aliphatic carbocycles. The molecule has 1 saturated heterocycles. The number of hydrogen-bond acceptors (Lipinski definition) is 3. The third-order valence-electron chi connectivity index (χ3n) is 3.52. The van der Waals surface area contributed by atoms with Gasteiger partial charge in [0.2, 0.25) is 0 Å². The summed E-state index contributed by atoms with van der Waals surface area (Å²) >= 11 is 0. The van der Waals surface area contributed by atoms with Gasteiger partial charge in [0.15, 0.2) is 0 Å². The second-order valence-corrected chi connectivity index (χ2v) is 4.63. The first kappa shape index (κ1) is 12.0. The van der Waals surface area contributed by atoms with Crippen molar-refractivity contribution in [2.24, 2.45) is 5.92 Å². The third-order valence-corrected chi connectivity index (χ3v) is 3.52. The molecule has 17 heavy (non-hydrogen) atoms. The summed E-state index contributed by atoms with van der Waals surface area (Å²) in [5.41, 5.74) is 1.15. The SMILES string of the molecule is CC(c1cccnc1)N1CCCC(C(=O)O)C1. The van der Waals surface area contributed by atoms with Crippen LogP contribution in [0.4, 0.5) is 0 Å². The van der Waals surface area contributed by atoms with Gasteiger partial charge in [0.05, 0.1) is 5.92 Å². The Morgan fingerprint density at radius 1 is 1.65 bits per heavy atom. The van der Waals surface area contributed by atoms with E-state index in [-0.39, 0.29) is 12.0 Å². The van der Waals surface area contributed by atoms with Crippen molar-refractivity contribution in [3.63, 3.8) is 0 Å². The van der Waals surface area contributed by atoms with Crippen LogP contribution in [0.25, 0.3) is 0 Å². The minimum absolute atomic E-state index is 0.220. The Labute approximate surface area is 101 Å². The summed E-state index contributed by atoms with van der Waals surface area (Å²) in [7, 11) is 0. The maximum Gasteiger partial charge on any atom is 0.307 e. The van der Waals surface area contributed by atoms with Gasteiger partial charge in [-0.15, -0.1) is 0 Å². The molecule has 1 N–H and O–H groups in total. The molecule has 4 heteroatoms. The van der Waals surface area contributed by atoms with Crippen LogP contribution >= 0.6 is 0 Å². The van der Waals surface area contributed by atoms with Gasteiger partial charge in [-0.1, -0.05) is 6.07 Å². The molecule has 0 spiro atoms. The fraction of sp³-hybridized carbons (Fsp3) is 0.538. The van der Waals surface area contributed by atoms with Crippen LogP contribution in [0.1, 0.15) is 31.4 Å². The zero-order valence-electron chi connectivity index (χ0n) is 10.0. The van der Waals surface area contributed by atoms with Gasteiger partial charge < -0.3 is 5.11 Å². The van der Waals surface area contributed by atoms with Crippen LogP contribution in [0.15, 0.2) is 24.5 Å². The van der Waals surface area contributed by atoms with Gasteiger partial charge in [0.1, 0.15) is 0 Å². The highest BCUT2D eigenvalue weighted by molar-refractivity contribution is 5.70. The lowest BCUT2D eigenvalue weighted by molar-refractivity contribution is -0.143. The summed E-state index contributed by atoms with van der Waals surface area (Å²) in [6.45, 7) is 3.73. The molecule has 4 nitrogen and oxygen atoms in total. The number of pyridine rings is 1. The summed E-state index contributed by atoms with van der Waals surface area (Å²) in [5.74, 6) is -0.893. The summed E-state index contributed by atoms with van der Waals surface area (Å²) in [5, 5.41) is 9.07.